The van der Waals surface area contributed by atoms with Gasteiger partial charge in [0.05, 0.1) is 18.5 Å². The molecule has 2 saturated carbocycles. The summed E-state index contributed by atoms with van der Waals surface area (Å²) in [5.74, 6) is 2.58. The van der Waals surface area contributed by atoms with E-state index in [4.69, 9.17) is 14.3 Å². The predicted molar refractivity (Wildman–Crippen MR) is 191 cm³/mol. The van der Waals surface area contributed by atoms with Crippen LogP contribution in [0.4, 0.5) is 0 Å². The Labute approximate surface area is 303 Å². The van der Waals surface area contributed by atoms with Crippen LogP contribution in [-0.4, -0.2) is 55.6 Å². The Morgan fingerprint density at radius 1 is 0.667 bits per heavy atom. The summed E-state index contributed by atoms with van der Waals surface area (Å²) in [5.41, 5.74) is 1.73. The molecule has 2 aliphatic heterocycles. The lowest BCUT2D eigenvalue weighted by Crippen LogP contribution is -2.27. The summed E-state index contributed by atoms with van der Waals surface area (Å²) in [6, 6.07) is 0.301. The van der Waals surface area contributed by atoms with Crippen molar-refractivity contribution in [3.8, 4) is 0 Å². The molecule has 0 aromatic carbocycles. The highest BCUT2D eigenvalue weighted by Crippen LogP contribution is 2.33. The molecule has 4 atom stereocenters. The molecule has 0 radical (unpaired) electrons. The molecule has 2 aliphatic carbocycles. The molecule has 4 aliphatic rings. The third-order valence-electron chi connectivity index (χ3n) is 11.6. The molecule has 1 amide bonds. The highest BCUT2D eigenvalue weighted by molar-refractivity contribution is 5.75. The molecule has 2 saturated heterocycles. The maximum absolute atomic E-state index is 11.7. The number of nitrogens with zero attached hydrogens (tertiary/aromatic N) is 4. The van der Waals surface area contributed by atoms with Crippen LogP contribution in [0.5, 0.6) is 0 Å². The van der Waals surface area contributed by atoms with Crippen LogP contribution in [0.3, 0.4) is 0 Å². The van der Waals surface area contributed by atoms with E-state index in [1.54, 1.807) is 5.48 Å². The number of nitrogens with one attached hydrogen (secondary N) is 3. The molecule has 0 bridgehead atoms. The minimum Gasteiger partial charge on any atom is -0.481 e. The van der Waals surface area contributed by atoms with Crippen LogP contribution < -0.4 is 16.1 Å². The van der Waals surface area contributed by atoms with Crippen molar-refractivity contribution in [3.63, 3.8) is 0 Å². The van der Waals surface area contributed by atoms with Crippen molar-refractivity contribution >= 4 is 11.9 Å². The fraction of sp³-hybridized carbons (Fsp3) is 0.842. The predicted octanol–water partition coefficient (Wildman–Crippen LogP) is 7.81. The normalized spacial score (nSPS) is 23.2. The number of aromatic nitrogens is 4. The highest BCUT2D eigenvalue weighted by Gasteiger charge is 2.28. The van der Waals surface area contributed by atoms with Crippen LogP contribution in [0, 0.1) is 11.8 Å². The standard InChI is InChI=1S/C19H32N4O3.C19H31N3O3/c24-17(22-25)13-15(10-6-9-14-7-2-1-3-8-14)19-21-18(23-26-19)16-11-4-5-12-20-16;23-17(24)13-15(10-6-9-14-7-2-1-3-8-14)19-21-18(22-25-19)16-11-4-5-12-20-16/h14-16,20,25H,1-13H2,(H,22,24);14-16,20H,1-13H2,(H,23,24)/t2*15-,16?/m11/s1. The second-order valence-corrected chi connectivity index (χ2v) is 15.6. The average Bonchev–Trinajstić information content (AvgIpc) is 3.87. The van der Waals surface area contributed by atoms with Gasteiger partial charge < -0.3 is 24.8 Å². The molecule has 2 aromatic rings. The van der Waals surface area contributed by atoms with E-state index in [0.717, 1.165) is 63.5 Å². The average molecular weight is 714 g/mol. The molecular formula is C38H63N7O6. The fourth-order valence-corrected chi connectivity index (χ4v) is 8.62. The maximum Gasteiger partial charge on any atom is 0.304 e. The van der Waals surface area contributed by atoms with Crippen LogP contribution >= 0.6 is 0 Å². The molecule has 0 spiro atoms. The zero-order valence-electron chi connectivity index (χ0n) is 30.7. The Hall–Kier alpha value is -2.90. The summed E-state index contributed by atoms with van der Waals surface area (Å²) in [7, 11) is 0. The number of rotatable bonds is 16. The Balaban J connectivity index is 0.000000198. The van der Waals surface area contributed by atoms with Crippen LogP contribution in [0.25, 0.3) is 0 Å². The summed E-state index contributed by atoms with van der Waals surface area (Å²) in [6.07, 6.45) is 26.6. The first-order valence-electron chi connectivity index (χ1n) is 20.3. The lowest BCUT2D eigenvalue weighted by Gasteiger charge is -2.22. The Morgan fingerprint density at radius 2 is 1.12 bits per heavy atom. The van der Waals surface area contributed by atoms with E-state index in [0.29, 0.717) is 23.4 Å². The van der Waals surface area contributed by atoms with E-state index in [2.05, 4.69) is 30.9 Å². The number of aliphatic carboxylic acids is 1. The van der Waals surface area contributed by atoms with Gasteiger partial charge in [0.2, 0.25) is 17.7 Å². The van der Waals surface area contributed by atoms with E-state index in [9.17, 15) is 14.7 Å². The fourth-order valence-electron chi connectivity index (χ4n) is 8.62. The molecule has 2 unspecified atom stereocenters. The lowest BCUT2D eigenvalue weighted by atomic mass is 9.84. The summed E-state index contributed by atoms with van der Waals surface area (Å²) in [6.45, 7) is 1.96. The molecule has 2 aromatic heterocycles. The summed E-state index contributed by atoms with van der Waals surface area (Å²) in [4.78, 5) is 32.1. The first-order chi connectivity index (χ1) is 25.0. The van der Waals surface area contributed by atoms with E-state index in [-0.39, 0.29) is 36.8 Å². The van der Waals surface area contributed by atoms with Gasteiger partial charge >= 0.3 is 5.97 Å². The molecule has 51 heavy (non-hydrogen) atoms. The van der Waals surface area contributed by atoms with Crippen molar-refractivity contribution in [2.75, 3.05) is 13.1 Å². The molecule has 13 heteroatoms. The Kier molecular flexibility index (Phi) is 16.6. The maximum atomic E-state index is 11.7. The molecule has 6 rings (SSSR count). The zero-order valence-corrected chi connectivity index (χ0v) is 30.7. The van der Waals surface area contributed by atoms with Crippen molar-refractivity contribution in [1.29, 1.82) is 0 Å². The number of hydrogen-bond acceptors (Lipinski definition) is 11. The van der Waals surface area contributed by atoms with E-state index in [1.165, 1.54) is 103 Å². The molecule has 13 nitrogen and oxygen atoms in total. The summed E-state index contributed by atoms with van der Waals surface area (Å²) in [5, 5.41) is 33.2. The van der Waals surface area contributed by atoms with Gasteiger partial charge in [0.15, 0.2) is 11.6 Å². The monoisotopic (exact) mass is 713 g/mol. The van der Waals surface area contributed by atoms with Gasteiger partial charge in [-0.05, 0) is 63.5 Å². The number of piperidine rings is 2. The smallest absolute Gasteiger partial charge is 0.304 e. The summed E-state index contributed by atoms with van der Waals surface area (Å²) < 4.78 is 11.0. The number of carboxylic acids is 1. The SMILES string of the molecule is O=C(C[C@@H](CCCC1CCCCC1)c1nc(C2CCCCN2)no1)NO.O=C(O)C[C@@H](CCCC1CCCCC1)c1nc(C2CCCCN2)no1. The third kappa shape index (κ3) is 13.2. The van der Waals surface area contributed by atoms with Crippen molar-refractivity contribution in [3.05, 3.63) is 23.4 Å². The number of carbonyl (C=O) groups is 2. The number of amides is 1. The van der Waals surface area contributed by atoms with Crippen molar-refractivity contribution in [2.45, 2.75) is 178 Å². The second-order valence-electron chi connectivity index (χ2n) is 15.6. The second kappa shape index (κ2) is 21.6. The largest absolute Gasteiger partial charge is 0.481 e. The number of hydrogen-bond donors (Lipinski definition) is 5. The van der Waals surface area contributed by atoms with Gasteiger partial charge in [-0.1, -0.05) is 113 Å². The minimum absolute atomic E-state index is 0.0738. The van der Waals surface area contributed by atoms with Crippen molar-refractivity contribution in [2.24, 2.45) is 11.8 Å². The number of carboxylic acid groups (broad SMARTS) is 1. The van der Waals surface area contributed by atoms with Crippen LogP contribution in [0.15, 0.2) is 9.05 Å². The quantitative estimate of drug-likeness (QED) is 0.0840. The van der Waals surface area contributed by atoms with Crippen molar-refractivity contribution in [1.82, 2.24) is 36.4 Å². The lowest BCUT2D eigenvalue weighted by molar-refractivity contribution is -0.137. The summed E-state index contributed by atoms with van der Waals surface area (Å²) >= 11 is 0. The zero-order chi connectivity index (χ0) is 35.7. The van der Waals surface area contributed by atoms with E-state index >= 15 is 0 Å². The van der Waals surface area contributed by atoms with Crippen LogP contribution in [-0.2, 0) is 9.59 Å². The Bertz CT molecular complexity index is 1280. The minimum atomic E-state index is -0.793. The van der Waals surface area contributed by atoms with Crippen molar-refractivity contribution < 1.29 is 28.9 Å². The number of hydroxylamine groups is 1. The van der Waals surface area contributed by atoms with Gasteiger partial charge in [0.1, 0.15) is 0 Å². The highest BCUT2D eigenvalue weighted by atomic mass is 16.5. The van der Waals surface area contributed by atoms with E-state index in [1.807, 2.05) is 0 Å². The molecule has 5 N–H and O–H groups in total. The van der Waals surface area contributed by atoms with Gasteiger partial charge in [-0.25, -0.2) is 5.48 Å². The first-order valence-corrected chi connectivity index (χ1v) is 20.3. The van der Waals surface area contributed by atoms with Gasteiger partial charge in [-0.3, -0.25) is 14.8 Å². The molecule has 286 valence electrons. The van der Waals surface area contributed by atoms with Gasteiger partial charge in [-0.2, -0.15) is 9.97 Å². The van der Waals surface area contributed by atoms with Gasteiger partial charge in [0, 0.05) is 18.3 Å². The van der Waals surface area contributed by atoms with Crippen LogP contribution in [0.1, 0.15) is 201 Å². The molecular weight excluding hydrogens is 650 g/mol. The first kappa shape index (κ1) is 39.3. The third-order valence-corrected chi connectivity index (χ3v) is 11.6. The molecule has 4 heterocycles. The van der Waals surface area contributed by atoms with Crippen LogP contribution in [0.2, 0.25) is 0 Å². The molecule has 4 fully saturated rings. The van der Waals surface area contributed by atoms with E-state index < -0.39 is 11.9 Å². The Morgan fingerprint density at radius 3 is 1.53 bits per heavy atom. The van der Waals surface area contributed by atoms with Gasteiger partial charge in [-0.15, -0.1) is 0 Å². The van der Waals surface area contributed by atoms with Gasteiger partial charge in [0.25, 0.3) is 0 Å². The topological polar surface area (TPSA) is 189 Å². The number of carbonyl (C=O) groups excluding carboxylic acids is 1.